The summed E-state index contributed by atoms with van der Waals surface area (Å²) in [5, 5.41) is 15.2. The van der Waals surface area contributed by atoms with E-state index in [0.29, 0.717) is 38.9 Å². The van der Waals surface area contributed by atoms with Crippen LogP contribution in [0.5, 0.6) is 11.5 Å². The number of fused-ring (bicyclic) bond motifs is 1. The Kier molecular flexibility index (Phi) is 7.94. The van der Waals surface area contributed by atoms with Gasteiger partial charge in [0, 0.05) is 15.2 Å². The maximum atomic E-state index is 12.8. The molecule has 0 spiro atoms. The second-order valence-corrected chi connectivity index (χ2v) is 9.37. The topological polar surface area (TPSA) is 71.3 Å². The van der Waals surface area contributed by atoms with E-state index in [-0.39, 0.29) is 5.57 Å². The van der Waals surface area contributed by atoms with Crippen LogP contribution in [0, 0.1) is 18.3 Å². The number of hydrogen-bond donors (Lipinski definition) is 1. The van der Waals surface area contributed by atoms with Gasteiger partial charge in [0.25, 0.3) is 5.91 Å². The van der Waals surface area contributed by atoms with Gasteiger partial charge in [0.05, 0.1) is 7.11 Å². The van der Waals surface area contributed by atoms with Crippen molar-refractivity contribution in [2.45, 2.75) is 13.5 Å². The standard InChI is InChI=1S/C29H22BrClN2O3/c1-18-7-10-24(31)14-26(18)33-29(34)23(16-32)12-22-13-27(35-2)28(15-25(22)30)36-17-19-8-9-20-5-3-4-6-21(20)11-19/h3-15H,17H2,1-2H3,(H,33,34)/b23-12+. The van der Waals surface area contributed by atoms with E-state index in [4.69, 9.17) is 21.1 Å². The third-order valence-electron chi connectivity index (χ3n) is 5.60. The van der Waals surface area contributed by atoms with Crippen LogP contribution in [0.15, 0.2) is 82.8 Å². The molecule has 0 heterocycles. The van der Waals surface area contributed by atoms with Crippen molar-refractivity contribution in [3.8, 4) is 17.6 Å². The fraction of sp³-hybridized carbons (Fsp3) is 0.103. The number of carbonyl (C=O) groups excluding carboxylic acids is 1. The van der Waals surface area contributed by atoms with Gasteiger partial charge in [-0.3, -0.25) is 4.79 Å². The number of nitrogens with zero attached hydrogens (tertiary/aromatic N) is 1. The highest BCUT2D eigenvalue weighted by Gasteiger charge is 2.15. The van der Waals surface area contributed by atoms with Crippen molar-refractivity contribution in [1.82, 2.24) is 0 Å². The van der Waals surface area contributed by atoms with E-state index in [0.717, 1.165) is 16.5 Å². The van der Waals surface area contributed by atoms with E-state index < -0.39 is 5.91 Å². The highest BCUT2D eigenvalue weighted by molar-refractivity contribution is 9.10. The summed E-state index contributed by atoms with van der Waals surface area (Å²) >= 11 is 9.57. The molecule has 0 fully saturated rings. The average Bonchev–Trinajstić information content (AvgIpc) is 2.88. The second kappa shape index (κ2) is 11.3. The van der Waals surface area contributed by atoms with Crippen molar-refractivity contribution in [1.29, 1.82) is 5.26 Å². The average molecular weight is 562 g/mol. The SMILES string of the molecule is COc1cc(/C=C(\C#N)C(=O)Nc2cc(Cl)ccc2C)c(Br)cc1OCc1ccc2ccccc2c1. The van der Waals surface area contributed by atoms with Gasteiger partial charge in [0.15, 0.2) is 11.5 Å². The lowest BCUT2D eigenvalue weighted by atomic mass is 10.1. The molecule has 0 aliphatic carbocycles. The van der Waals surface area contributed by atoms with Crippen LogP contribution in [-0.4, -0.2) is 13.0 Å². The van der Waals surface area contributed by atoms with Crippen LogP contribution in [0.2, 0.25) is 5.02 Å². The van der Waals surface area contributed by atoms with Gasteiger partial charge in [0.1, 0.15) is 18.2 Å². The second-order valence-electron chi connectivity index (χ2n) is 8.08. The van der Waals surface area contributed by atoms with Crippen LogP contribution in [0.1, 0.15) is 16.7 Å². The van der Waals surface area contributed by atoms with Gasteiger partial charge in [-0.25, -0.2) is 0 Å². The number of methoxy groups -OCH3 is 1. The molecule has 4 aromatic rings. The Hall–Kier alpha value is -3.79. The molecule has 0 saturated heterocycles. The van der Waals surface area contributed by atoms with Crippen molar-refractivity contribution in [2.75, 3.05) is 12.4 Å². The highest BCUT2D eigenvalue weighted by atomic mass is 79.9. The number of ether oxygens (including phenoxy) is 2. The predicted octanol–water partition coefficient (Wildman–Crippen LogP) is 7.70. The van der Waals surface area contributed by atoms with Gasteiger partial charge in [-0.05, 0) is 70.8 Å². The largest absolute Gasteiger partial charge is 0.493 e. The first-order chi connectivity index (χ1) is 17.4. The molecule has 5 nitrogen and oxygen atoms in total. The lowest BCUT2D eigenvalue weighted by Crippen LogP contribution is -2.14. The van der Waals surface area contributed by atoms with Crippen molar-refractivity contribution >= 4 is 56.0 Å². The number of anilines is 1. The molecule has 180 valence electrons. The van der Waals surface area contributed by atoms with Crippen LogP contribution in [0.3, 0.4) is 0 Å². The molecular weight excluding hydrogens is 540 g/mol. The minimum atomic E-state index is -0.537. The predicted molar refractivity (Wildman–Crippen MR) is 147 cm³/mol. The first-order valence-corrected chi connectivity index (χ1v) is 12.2. The van der Waals surface area contributed by atoms with Gasteiger partial charge in [-0.1, -0.05) is 70.0 Å². The lowest BCUT2D eigenvalue weighted by molar-refractivity contribution is -0.112. The van der Waals surface area contributed by atoms with Crippen LogP contribution in [-0.2, 0) is 11.4 Å². The van der Waals surface area contributed by atoms with Crippen LogP contribution in [0.4, 0.5) is 5.69 Å². The number of aryl methyl sites for hydroxylation is 1. The van der Waals surface area contributed by atoms with Crippen molar-refractivity contribution in [3.63, 3.8) is 0 Å². The summed E-state index contributed by atoms with van der Waals surface area (Å²) in [5.74, 6) is 0.478. The Morgan fingerprint density at radius 3 is 2.58 bits per heavy atom. The third-order valence-corrected chi connectivity index (χ3v) is 6.53. The van der Waals surface area contributed by atoms with Gasteiger partial charge in [0.2, 0.25) is 0 Å². The Morgan fingerprint density at radius 2 is 1.83 bits per heavy atom. The van der Waals surface area contributed by atoms with Crippen molar-refractivity contribution in [3.05, 3.63) is 105 Å². The number of hydrogen-bond acceptors (Lipinski definition) is 4. The molecule has 0 aliphatic rings. The zero-order chi connectivity index (χ0) is 25.7. The first-order valence-electron chi connectivity index (χ1n) is 11.0. The minimum Gasteiger partial charge on any atom is -0.493 e. The van der Waals surface area contributed by atoms with Gasteiger partial charge < -0.3 is 14.8 Å². The smallest absolute Gasteiger partial charge is 0.266 e. The Balaban J connectivity index is 1.55. The summed E-state index contributed by atoms with van der Waals surface area (Å²) < 4.78 is 12.2. The van der Waals surface area contributed by atoms with Crippen molar-refractivity contribution in [2.24, 2.45) is 0 Å². The van der Waals surface area contributed by atoms with Crippen LogP contribution < -0.4 is 14.8 Å². The summed E-state index contributed by atoms with van der Waals surface area (Å²) in [6.07, 6.45) is 1.49. The van der Waals surface area contributed by atoms with E-state index >= 15 is 0 Å². The number of halogens is 2. The fourth-order valence-corrected chi connectivity index (χ4v) is 4.26. The van der Waals surface area contributed by atoms with Crippen molar-refractivity contribution < 1.29 is 14.3 Å². The molecule has 0 saturated carbocycles. The van der Waals surface area contributed by atoms with E-state index in [9.17, 15) is 10.1 Å². The van der Waals surface area contributed by atoms with E-state index in [2.05, 4.69) is 45.5 Å². The number of rotatable bonds is 7. The monoisotopic (exact) mass is 560 g/mol. The van der Waals surface area contributed by atoms with E-state index in [1.165, 1.54) is 11.5 Å². The summed E-state index contributed by atoms with van der Waals surface area (Å²) in [7, 11) is 1.54. The lowest BCUT2D eigenvalue weighted by Gasteiger charge is -2.14. The molecule has 0 atom stereocenters. The minimum absolute atomic E-state index is 0.0676. The molecule has 0 unspecified atom stereocenters. The first kappa shape index (κ1) is 25.3. The molecule has 0 radical (unpaired) electrons. The molecule has 4 rings (SSSR count). The maximum absolute atomic E-state index is 12.8. The zero-order valence-electron chi connectivity index (χ0n) is 19.6. The Bertz CT molecular complexity index is 1530. The summed E-state index contributed by atoms with van der Waals surface area (Å²) in [5.41, 5.74) is 2.93. The molecule has 4 aromatic carbocycles. The Morgan fingerprint density at radius 1 is 1.06 bits per heavy atom. The Labute approximate surface area is 223 Å². The molecule has 7 heteroatoms. The number of benzene rings is 4. The van der Waals surface area contributed by atoms with Gasteiger partial charge in [-0.15, -0.1) is 0 Å². The molecular formula is C29H22BrClN2O3. The fourth-order valence-electron chi connectivity index (χ4n) is 3.65. The molecule has 36 heavy (non-hydrogen) atoms. The van der Waals surface area contributed by atoms with E-state index in [1.807, 2.05) is 31.2 Å². The van der Waals surface area contributed by atoms with Crippen LogP contribution >= 0.6 is 27.5 Å². The van der Waals surface area contributed by atoms with E-state index in [1.54, 1.807) is 37.4 Å². The van der Waals surface area contributed by atoms with Gasteiger partial charge >= 0.3 is 0 Å². The molecule has 0 bridgehead atoms. The summed E-state index contributed by atoms with van der Waals surface area (Å²) in [4.78, 5) is 12.8. The zero-order valence-corrected chi connectivity index (χ0v) is 22.0. The molecule has 1 N–H and O–H groups in total. The summed E-state index contributed by atoms with van der Waals surface area (Å²) in [6.45, 7) is 2.20. The third kappa shape index (κ3) is 5.88. The molecule has 0 aromatic heterocycles. The number of carbonyl (C=O) groups is 1. The molecule has 0 aliphatic heterocycles. The van der Waals surface area contributed by atoms with Crippen LogP contribution in [0.25, 0.3) is 16.8 Å². The van der Waals surface area contributed by atoms with Gasteiger partial charge in [-0.2, -0.15) is 5.26 Å². The maximum Gasteiger partial charge on any atom is 0.266 e. The quantitative estimate of drug-likeness (QED) is 0.185. The summed E-state index contributed by atoms with van der Waals surface area (Å²) in [6, 6.07) is 25.0. The number of nitriles is 1. The highest BCUT2D eigenvalue weighted by Crippen LogP contribution is 2.35. The normalized spacial score (nSPS) is 11.1. The molecule has 1 amide bonds. The number of amides is 1. The number of nitrogens with one attached hydrogen (secondary N) is 1.